The Hall–Kier alpha value is -3.22. The number of benzene rings is 2. The van der Waals surface area contributed by atoms with Gasteiger partial charge in [-0.25, -0.2) is 4.39 Å². The summed E-state index contributed by atoms with van der Waals surface area (Å²) in [4.78, 5) is 15.8. The van der Waals surface area contributed by atoms with E-state index < -0.39 is 5.82 Å². The maximum atomic E-state index is 14.0. The summed E-state index contributed by atoms with van der Waals surface area (Å²) in [7, 11) is 1.56. The van der Waals surface area contributed by atoms with Gasteiger partial charge in [0.2, 0.25) is 5.82 Å². The maximum absolute atomic E-state index is 14.0. The van der Waals surface area contributed by atoms with Crippen molar-refractivity contribution < 1.29 is 18.4 Å². The molecule has 0 unspecified atom stereocenters. The van der Waals surface area contributed by atoms with E-state index in [1.54, 1.807) is 50.4 Å². The molecule has 1 N–H and O–H groups in total. The fourth-order valence-electron chi connectivity index (χ4n) is 2.24. The molecule has 3 rings (SSSR count). The number of hydrogen-bond donors (Lipinski definition) is 1. The van der Waals surface area contributed by atoms with Crippen molar-refractivity contribution in [2.75, 3.05) is 7.05 Å². The first kappa shape index (κ1) is 16.6. The molecular formula is C18H16FN3O3. The van der Waals surface area contributed by atoms with Crippen molar-refractivity contribution in [3.63, 3.8) is 0 Å². The second-order valence-electron chi connectivity index (χ2n) is 5.39. The Morgan fingerprint density at radius 2 is 2.12 bits per heavy atom. The second-order valence-corrected chi connectivity index (χ2v) is 5.39. The number of aryl methyl sites for hydroxylation is 1. The number of aromatic nitrogens is 2. The van der Waals surface area contributed by atoms with Gasteiger partial charge in [0.1, 0.15) is 11.6 Å². The topological polar surface area (TPSA) is 77.2 Å². The van der Waals surface area contributed by atoms with E-state index in [0.29, 0.717) is 11.3 Å². The van der Waals surface area contributed by atoms with E-state index in [4.69, 9.17) is 9.26 Å². The Morgan fingerprint density at radius 3 is 2.88 bits per heavy atom. The van der Waals surface area contributed by atoms with Gasteiger partial charge in [-0.3, -0.25) is 4.79 Å². The van der Waals surface area contributed by atoms with Gasteiger partial charge in [-0.15, -0.1) is 0 Å². The first-order chi connectivity index (χ1) is 12.1. The van der Waals surface area contributed by atoms with Crippen molar-refractivity contribution in [2.24, 2.45) is 0 Å². The lowest BCUT2D eigenvalue weighted by atomic mass is 10.1. The molecule has 0 atom stereocenters. The third-order valence-electron chi connectivity index (χ3n) is 3.52. The molecular weight excluding hydrogens is 325 g/mol. The number of amides is 1. The molecule has 0 aliphatic heterocycles. The SMILES string of the molecule is CNC(=O)c1cccc(OCc2nc(-c3ccc(C)cc3F)no2)c1. The van der Waals surface area contributed by atoms with Gasteiger partial charge in [-0.05, 0) is 42.8 Å². The van der Waals surface area contributed by atoms with Crippen LogP contribution < -0.4 is 10.1 Å². The Morgan fingerprint density at radius 1 is 1.28 bits per heavy atom. The minimum atomic E-state index is -0.411. The molecule has 1 aromatic heterocycles. The van der Waals surface area contributed by atoms with E-state index in [1.165, 1.54) is 6.07 Å². The van der Waals surface area contributed by atoms with Crippen LogP contribution in [0.4, 0.5) is 4.39 Å². The molecule has 0 fully saturated rings. The predicted molar refractivity (Wildman–Crippen MR) is 88.6 cm³/mol. The number of carbonyl (C=O) groups excluding carboxylic acids is 1. The van der Waals surface area contributed by atoms with Crippen LogP contribution in [0.1, 0.15) is 21.8 Å². The van der Waals surface area contributed by atoms with Crippen molar-refractivity contribution in [3.05, 3.63) is 65.3 Å². The third kappa shape index (κ3) is 3.82. The average molecular weight is 341 g/mol. The summed E-state index contributed by atoms with van der Waals surface area (Å²) in [5.74, 6) is 0.241. The summed E-state index contributed by atoms with van der Waals surface area (Å²) in [6, 6.07) is 11.5. The summed E-state index contributed by atoms with van der Waals surface area (Å²) < 4.78 is 24.6. The van der Waals surface area contributed by atoms with Gasteiger partial charge in [-0.1, -0.05) is 17.3 Å². The first-order valence-electron chi connectivity index (χ1n) is 7.61. The normalized spacial score (nSPS) is 10.5. The fraction of sp³-hybridized carbons (Fsp3) is 0.167. The van der Waals surface area contributed by atoms with E-state index in [9.17, 15) is 9.18 Å². The lowest BCUT2D eigenvalue weighted by Gasteiger charge is -2.05. The standard InChI is InChI=1S/C18H16FN3O3/c1-11-6-7-14(15(19)8-11)17-21-16(25-22-17)10-24-13-5-3-4-12(9-13)18(23)20-2/h3-9H,10H2,1-2H3,(H,20,23). The van der Waals surface area contributed by atoms with E-state index >= 15 is 0 Å². The number of halogens is 1. The number of carbonyl (C=O) groups is 1. The molecule has 6 nitrogen and oxygen atoms in total. The highest BCUT2D eigenvalue weighted by Gasteiger charge is 2.13. The molecule has 0 saturated carbocycles. The average Bonchev–Trinajstić information content (AvgIpc) is 3.08. The molecule has 0 saturated heterocycles. The molecule has 1 heterocycles. The van der Waals surface area contributed by atoms with Crippen LogP contribution in [0.2, 0.25) is 0 Å². The van der Waals surface area contributed by atoms with E-state index in [2.05, 4.69) is 15.5 Å². The smallest absolute Gasteiger partial charge is 0.264 e. The molecule has 128 valence electrons. The highest BCUT2D eigenvalue weighted by molar-refractivity contribution is 5.94. The molecule has 3 aromatic rings. The van der Waals surface area contributed by atoms with Crippen LogP contribution in [0.25, 0.3) is 11.4 Å². The highest BCUT2D eigenvalue weighted by Crippen LogP contribution is 2.21. The molecule has 1 amide bonds. The van der Waals surface area contributed by atoms with Crippen molar-refractivity contribution >= 4 is 5.91 Å². The predicted octanol–water partition coefficient (Wildman–Crippen LogP) is 3.12. The van der Waals surface area contributed by atoms with Crippen LogP contribution in [0.5, 0.6) is 5.75 Å². The van der Waals surface area contributed by atoms with E-state index in [0.717, 1.165) is 5.56 Å². The summed E-state index contributed by atoms with van der Waals surface area (Å²) in [5, 5.41) is 6.32. The zero-order valence-electron chi connectivity index (χ0n) is 13.7. The molecule has 0 aliphatic carbocycles. The van der Waals surface area contributed by atoms with Gasteiger partial charge in [0.05, 0.1) is 5.56 Å². The quantitative estimate of drug-likeness (QED) is 0.771. The summed E-state index contributed by atoms with van der Waals surface area (Å²) in [5.41, 5.74) is 1.56. The third-order valence-corrected chi connectivity index (χ3v) is 3.52. The van der Waals surface area contributed by atoms with Gasteiger partial charge in [0.25, 0.3) is 11.8 Å². The van der Waals surface area contributed by atoms with E-state index in [-0.39, 0.29) is 29.8 Å². The second kappa shape index (κ2) is 7.12. The van der Waals surface area contributed by atoms with Crippen molar-refractivity contribution in [2.45, 2.75) is 13.5 Å². The minimum absolute atomic E-state index is 0.0116. The Balaban J connectivity index is 1.71. The summed E-state index contributed by atoms with van der Waals surface area (Å²) >= 11 is 0. The van der Waals surface area contributed by atoms with Gasteiger partial charge < -0.3 is 14.6 Å². The van der Waals surface area contributed by atoms with Gasteiger partial charge in [-0.2, -0.15) is 4.98 Å². The number of nitrogens with one attached hydrogen (secondary N) is 1. The lowest BCUT2D eigenvalue weighted by molar-refractivity contribution is 0.0962. The Bertz CT molecular complexity index is 908. The zero-order valence-corrected chi connectivity index (χ0v) is 13.7. The fourth-order valence-corrected chi connectivity index (χ4v) is 2.24. The number of rotatable bonds is 5. The highest BCUT2D eigenvalue weighted by atomic mass is 19.1. The maximum Gasteiger partial charge on any atom is 0.264 e. The molecule has 0 bridgehead atoms. The molecule has 0 spiro atoms. The molecule has 0 aliphatic rings. The largest absolute Gasteiger partial charge is 0.484 e. The number of nitrogens with zero attached hydrogens (tertiary/aromatic N) is 2. The van der Waals surface area contributed by atoms with Crippen LogP contribution in [0, 0.1) is 12.7 Å². The van der Waals surface area contributed by atoms with Crippen molar-refractivity contribution in [1.82, 2.24) is 15.5 Å². The van der Waals surface area contributed by atoms with Gasteiger partial charge in [0.15, 0.2) is 6.61 Å². The van der Waals surface area contributed by atoms with Crippen molar-refractivity contribution in [3.8, 4) is 17.1 Å². The Labute approximate surface area is 143 Å². The molecule has 0 radical (unpaired) electrons. The van der Waals surface area contributed by atoms with Crippen LogP contribution in [0.15, 0.2) is 47.0 Å². The van der Waals surface area contributed by atoms with Crippen molar-refractivity contribution in [1.29, 1.82) is 0 Å². The van der Waals surface area contributed by atoms with Crippen LogP contribution in [0.3, 0.4) is 0 Å². The van der Waals surface area contributed by atoms with Crippen LogP contribution in [-0.2, 0) is 6.61 Å². The monoisotopic (exact) mass is 341 g/mol. The number of ether oxygens (including phenoxy) is 1. The first-order valence-corrected chi connectivity index (χ1v) is 7.61. The Kier molecular flexibility index (Phi) is 4.74. The number of hydrogen-bond acceptors (Lipinski definition) is 5. The summed E-state index contributed by atoms with van der Waals surface area (Å²) in [6.07, 6.45) is 0. The summed E-state index contributed by atoms with van der Waals surface area (Å²) in [6.45, 7) is 1.81. The molecule has 2 aromatic carbocycles. The van der Waals surface area contributed by atoms with Gasteiger partial charge >= 0.3 is 0 Å². The van der Waals surface area contributed by atoms with E-state index in [1.807, 2.05) is 0 Å². The lowest BCUT2D eigenvalue weighted by Crippen LogP contribution is -2.17. The molecule has 25 heavy (non-hydrogen) atoms. The van der Waals surface area contributed by atoms with Crippen LogP contribution >= 0.6 is 0 Å². The van der Waals surface area contributed by atoms with Crippen LogP contribution in [-0.4, -0.2) is 23.1 Å². The molecule has 7 heteroatoms. The van der Waals surface area contributed by atoms with Gasteiger partial charge in [0, 0.05) is 12.6 Å². The zero-order chi connectivity index (χ0) is 17.8. The minimum Gasteiger partial charge on any atom is -0.484 e.